The van der Waals surface area contributed by atoms with Crippen molar-refractivity contribution in [3.8, 4) is 17.0 Å². The number of rotatable bonds is 9. The number of nitrogens with one attached hydrogen (secondary N) is 2. The fraction of sp³-hybridized carbons (Fsp3) is 0.182. The van der Waals surface area contributed by atoms with Crippen molar-refractivity contribution in [2.45, 2.75) is 19.0 Å². The minimum Gasteiger partial charge on any atom is -0.506 e. The molecule has 0 aliphatic rings. The number of aromatic nitrogens is 5. The molecule has 0 radical (unpaired) electrons. The number of pyridine rings is 1. The second-order valence-corrected chi connectivity index (χ2v) is 8.47. The van der Waals surface area contributed by atoms with E-state index < -0.39 is 47.7 Å². The Hall–Kier alpha value is -3.97. The number of hydrogen-bond donors (Lipinski definition) is 3. The number of benzene rings is 1. The number of amides is 1. The lowest BCUT2D eigenvalue weighted by molar-refractivity contribution is -0.121. The molecule has 14 heteroatoms. The Bertz CT molecular complexity index is 1430. The van der Waals surface area contributed by atoms with Gasteiger partial charge in [-0.1, -0.05) is 40.4 Å². The maximum absolute atomic E-state index is 14.5. The third-order valence-electron chi connectivity index (χ3n) is 5.05. The quantitative estimate of drug-likeness (QED) is 0.299. The number of hydrogen-bond acceptors (Lipinski definition) is 9. The van der Waals surface area contributed by atoms with Gasteiger partial charge in [-0.25, -0.2) is 4.98 Å². The number of alkyl halides is 2. The van der Waals surface area contributed by atoms with Crippen molar-refractivity contribution in [1.82, 2.24) is 29.4 Å². The predicted molar refractivity (Wildman–Crippen MR) is 129 cm³/mol. The summed E-state index contributed by atoms with van der Waals surface area (Å²) in [5.74, 6) is -5.27. The highest BCUT2D eigenvalue weighted by atomic mass is 35.5. The van der Waals surface area contributed by atoms with E-state index in [0.717, 1.165) is 34.2 Å². The van der Waals surface area contributed by atoms with E-state index in [2.05, 4.69) is 30.2 Å². The maximum Gasteiger partial charge on any atom is 0.310 e. The average molecular weight is 534 g/mol. The molecule has 0 unspecified atom stereocenters. The SMILES string of the molecule is O=C(Cn1c(Cl)cnc(NCC(F)(F)c2ncccc2O)c1=O)NCc1ccccc1-c1csnn1. The first kappa shape index (κ1) is 25.1. The van der Waals surface area contributed by atoms with E-state index in [1.807, 2.05) is 24.3 Å². The molecule has 3 N–H and O–H groups in total. The molecule has 0 bridgehead atoms. The molecule has 10 nitrogen and oxygen atoms in total. The highest BCUT2D eigenvalue weighted by Gasteiger charge is 2.36. The van der Waals surface area contributed by atoms with E-state index in [1.165, 1.54) is 17.6 Å². The summed E-state index contributed by atoms with van der Waals surface area (Å²) in [6.07, 6.45) is 2.18. The van der Waals surface area contributed by atoms with Crippen LogP contribution in [0.25, 0.3) is 11.3 Å². The largest absolute Gasteiger partial charge is 0.506 e. The zero-order valence-electron chi connectivity index (χ0n) is 18.4. The summed E-state index contributed by atoms with van der Waals surface area (Å²) in [4.78, 5) is 32.6. The summed E-state index contributed by atoms with van der Waals surface area (Å²) in [6.45, 7) is -1.39. The van der Waals surface area contributed by atoms with Crippen LogP contribution in [0.15, 0.2) is 59.0 Å². The van der Waals surface area contributed by atoms with Crippen LogP contribution in [0.1, 0.15) is 11.3 Å². The molecule has 0 fully saturated rings. The zero-order valence-corrected chi connectivity index (χ0v) is 19.9. The smallest absolute Gasteiger partial charge is 0.310 e. The first-order chi connectivity index (χ1) is 17.3. The van der Waals surface area contributed by atoms with Crippen LogP contribution in [0.5, 0.6) is 5.75 Å². The molecule has 4 aromatic rings. The standard InChI is InChI=1S/C22H18ClF2N7O3S/c23-17-9-28-20(29-12-22(24,25)19-16(33)6-3-7-26-19)21(35)32(17)10-18(34)27-8-13-4-1-2-5-14(13)15-11-36-31-30-15/h1-7,9,11,33H,8,10,12H2,(H,27,34)(H,28,29). The lowest BCUT2D eigenvalue weighted by atomic mass is 10.1. The molecule has 36 heavy (non-hydrogen) atoms. The number of carbonyl (C=O) groups is 1. The van der Waals surface area contributed by atoms with Crippen molar-refractivity contribution < 1.29 is 18.7 Å². The Labute approximate surface area is 211 Å². The minimum atomic E-state index is -3.61. The van der Waals surface area contributed by atoms with E-state index in [-0.39, 0.29) is 11.7 Å². The summed E-state index contributed by atoms with van der Waals surface area (Å²) >= 11 is 7.25. The lowest BCUT2D eigenvalue weighted by Crippen LogP contribution is -2.35. The van der Waals surface area contributed by atoms with Crippen LogP contribution < -0.4 is 16.2 Å². The summed E-state index contributed by atoms with van der Waals surface area (Å²) in [6, 6.07) is 9.70. The summed E-state index contributed by atoms with van der Waals surface area (Å²) in [5, 5.41) is 20.3. The van der Waals surface area contributed by atoms with E-state index in [9.17, 15) is 23.5 Å². The highest BCUT2D eigenvalue weighted by Crippen LogP contribution is 2.32. The fourth-order valence-corrected chi connectivity index (χ4v) is 3.93. The number of carbonyl (C=O) groups excluding carboxylic acids is 1. The van der Waals surface area contributed by atoms with E-state index >= 15 is 0 Å². The molecule has 186 valence electrons. The first-order valence-corrected chi connectivity index (χ1v) is 11.6. The van der Waals surface area contributed by atoms with Gasteiger partial charge in [0, 0.05) is 23.7 Å². The number of aromatic hydroxyl groups is 1. The molecule has 3 aromatic heterocycles. The zero-order chi connectivity index (χ0) is 25.7. The summed E-state index contributed by atoms with van der Waals surface area (Å²) in [5.41, 5.74) is 0.545. The second-order valence-electron chi connectivity index (χ2n) is 7.47. The van der Waals surface area contributed by atoms with Crippen molar-refractivity contribution in [2.24, 2.45) is 0 Å². The maximum atomic E-state index is 14.5. The van der Waals surface area contributed by atoms with Crippen LogP contribution in [-0.4, -0.2) is 41.7 Å². The average Bonchev–Trinajstić information content (AvgIpc) is 3.40. The number of anilines is 1. The highest BCUT2D eigenvalue weighted by molar-refractivity contribution is 7.03. The van der Waals surface area contributed by atoms with E-state index in [0.29, 0.717) is 5.69 Å². The van der Waals surface area contributed by atoms with Gasteiger partial charge in [-0.15, -0.1) is 5.10 Å². The lowest BCUT2D eigenvalue weighted by Gasteiger charge is -2.18. The van der Waals surface area contributed by atoms with Gasteiger partial charge in [-0.05, 0) is 29.2 Å². The van der Waals surface area contributed by atoms with Crippen LogP contribution in [0.4, 0.5) is 14.6 Å². The fourth-order valence-electron chi connectivity index (χ4n) is 3.29. The van der Waals surface area contributed by atoms with Gasteiger partial charge in [-0.3, -0.25) is 19.1 Å². The van der Waals surface area contributed by atoms with Gasteiger partial charge >= 0.3 is 5.92 Å². The Morgan fingerprint density at radius 2 is 2.00 bits per heavy atom. The van der Waals surface area contributed by atoms with Gasteiger partial charge in [0.25, 0.3) is 5.56 Å². The molecule has 0 spiro atoms. The minimum absolute atomic E-state index is 0.148. The molecule has 3 heterocycles. The van der Waals surface area contributed by atoms with Crippen LogP contribution >= 0.6 is 23.1 Å². The van der Waals surface area contributed by atoms with Crippen molar-refractivity contribution in [3.63, 3.8) is 0 Å². The second kappa shape index (κ2) is 10.7. The molecule has 0 atom stereocenters. The molecule has 0 aliphatic carbocycles. The Morgan fingerprint density at radius 1 is 1.19 bits per heavy atom. The van der Waals surface area contributed by atoms with Gasteiger partial charge in [-0.2, -0.15) is 8.78 Å². The van der Waals surface area contributed by atoms with Gasteiger partial charge < -0.3 is 15.7 Å². The van der Waals surface area contributed by atoms with Crippen LogP contribution in [0.3, 0.4) is 0 Å². The molecular formula is C22H18ClF2N7O3S. The van der Waals surface area contributed by atoms with Crippen LogP contribution in [0.2, 0.25) is 5.15 Å². The third kappa shape index (κ3) is 5.63. The van der Waals surface area contributed by atoms with Crippen molar-refractivity contribution >= 4 is 34.9 Å². The molecule has 0 saturated heterocycles. The molecular weight excluding hydrogens is 516 g/mol. The van der Waals surface area contributed by atoms with Gasteiger partial charge in [0.15, 0.2) is 11.5 Å². The Balaban J connectivity index is 1.44. The molecule has 1 aromatic carbocycles. The van der Waals surface area contributed by atoms with Crippen LogP contribution in [-0.2, 0) is 23.8 Å². The molecule has 0 saturated carbocycles. The van der Waals surface area contributed by atoms with Crippen LogP contribution in [0, 0.1) is 0 Å². The van der Waals surface area contributed by atoms with Crippen molar-refractivity contribution in [3.05, 3.63) is 80.9 Å². The third-order valence-corrected chi connectivity index (χ3v) is 5.85. The van der Waals surface area contributed by atoms with Crippen molar-refractivity contribution in [2.75, 3.05) is 11.9 Å². The van der Waals surface area contributed by atoms with Crippen molar-refractivity contribution in [1.29, 1.82) is 0 Å². The topological polar surface area (TPSA) is 135 Å². The molecule has 0 aliphatic heterocycles. The number of halogens is 3. The van der Waals surface area contributed by atoms with Gasteiger partial charge in [0.05, 0.1) is 12.7 Å². The Kier molecular flexibility index (Phi) is 7.50. The molecule has 4 rings (SSSR count). The van der Waals surface area contributed by atoms with E-state index in [1.54, 1.807) is 5.38 Å². The predicted octanol–water partition coefficient (Wildman–Crippen LogP) is 3.04. The van der Waals surface area contributed by atoms with Gasteiger partial charge in [0.2, 0.25) is 5.91 Å². The van der Waals surface area contributed by atoms with Gasteiger partial charge in [0.1, 0.15) is 23.1 Å². The number of nitrogens with zero attached hydrogens (tertiary/aromatic N) is 5. The Morgan fingerprint density at radius 3 is 2.75 bits per heavy atom. The summed E-state index contributed by atoms with van der Waals surface area (Å²) < 4.78 is 33.8. The molecule has 1 amide bonds. The monoisotopic (exact) mass is 533 g/mol. The normalized spacial score (nSPS) is 11.3. The first-order valence-electron chi connectivity index (χ1n) is 10.4. The summed E-state index contributed by atoms with van der Waals surface area (Å²) in [7, 11) is 0. The van der Waals surface area contributed by atoms with E-state index in [4.69, 9.17) is 11.6 Å².